The maximum absolute atomic E-state index is 11.4. The molecule has 5 nitrogen and oxygen atoms in total. The van der Waals surface area contributed by atoms with Crippen molar-refractivity contribution >= 4 is 11.8 Å². The number of aryl methyl sites for hydroxylation is 1. The molecule has 1 aromatic rings. The van der Waals surface area contributed by atoms with E-state index in [0.717, 1.165) is 24.1 Å². The molecule has 0 aliphatic carbocycles. The predicted octanol–water partition coefficient (Wildman–Crippen LogP) is 2.12. The molecule has 0 fully saturated rings. The van der Waals surface area contributed by atoms with E-state index in [2.05, 4.69) is 10.3 Å². The van der Waals surface area contributed by atoms with E-state index in [1.165, 1.54) is 0 Å². The number of hydrogen-bond acceptors (Lipinski definition) is 4. The summed E-state index contributed by atoms with van der Waals surface area (Å²) >= 11 is 0. The number of nitrogens with one attached hydrogen (secondary N) is 1. The molecule has 1 amide bonds. The number of nitrogens with zero attached hydrogens (tertiary/aromatic N) is 1. The summed E-state index contributed by atoms with van der Waals surface area (Å²) in [5.74, 6) is 0. The van der Waals surface area contributed by atoms with E-state index in [1.807, 2.05) is 20.8 Å². The fourth-order valence-corrected chi connectivity index (χ4v) is 1.43. The van der Waals surface area contributed by atoms with Gasteiger partial charge in [-0.2, -0.15) is 0 Å². The average Bonchev–Trinajstić information content (AvgIpc) is 2.24. The second kappa shape index (κ2) is 6.23. The molecule has 0 aliphatic rings. The second-order valence-electron chi connectivity index (χ2n) is 5.11. The standard InChI is InChI=1S/C13H21N3O2/c1-13(2,3)18-12(17)16-7-4-5-10-9-15-8-6-11(10)14/h6,8-9H,4-5,7H2,1-3H3,(H2,14,15)(H,16,17). The maximum atomic E-state index is 11.4. The minimum atomic E-state index is -0.460. The molecular formula is C13H21N3O2. The lowest BCUT2D eigenvalue weighted by atomic mass is 10.1. The molecule has 5 heteroatoms. The smallest absolute Gasteiger partial charge is 0.407 e. The van der Waals surface area contributed by atoms with Crippen LogP contribution in [0.2, 0.25) is 0 Å². The molecule has 18 heavy (non-hydrogen) atoms. The van der Waals surface area contributed by atoms with Crippen LogP contribution in [0.25, 0.3) is 0 Å². The lowest BCUT2D eigenvalue weighted by molar-refractivity contribution is 0.0527. The zero-order chi connectivity index (χ0) is 13.6. The topological polar surface area (TPSA) is 77.2 Å². The Morgan fingerprint density at radius 1 is 1.50 bits per heavy atom. The summed E-state index contributed by atoms with van der Waals surface area (Å²) in [5.41, 5.74) is 7.07. The SMILES string of the molecule is CC(C)(C)OC(=O)NCCCc1cnccc1N. The summed E-state index contributed by atoms with van der Waals surface area (Å²) in [6.45, 7) is 6.07. The van der Waals surface area contributed by atoms with Crippen LogP contribution >= 0.6 is 0 Å². The summed E-state index contributed by atoms with van der Waals surface area (Å²) in [6, 6.07) is 1.77. The number of carbonyl (C=O) groups excluding carboxylic acids is 1. The van der Waals surface area contributed by atoms with E-state index >= 15 is 0 Å². The fraction of sp³-hybridized carbons (Fsp3) is 0.538. The molecule has 1 rings (SSSR count). The zero-order valence-corrected chi connectivity index (χ0v) is 11.2. The number of alkyl carbamates (subject to hydrolysis) is 1. The van der Waals surface area contributed by atoms with Gasteiger partial charge in [-0.15, -0.1) is 0 Å². The van der Waals surface area contributed by atoms with Gasteiger partial charge in [0, 0.05) is 24.6 Å². The third kappa shape index (κ3) is 5.52. The van der Waals surface area contributed by atoms with Gasteiger partial charge in [0.1, 0.15) is 5.60 Å². The molecule has 0 atom stereocenters. The Bertz CT molecular complexity index is 399. The Kier molecular flexibility index (Phi) is 4.95. The third-order valence-electron chi connectivity index (χ3n) is 2.23. The van der Waals surface area contributed by atoms with E-state index in [1.54, 1.807) is 18.5 Å². The number of nitrogens with two attached hydrogens (primary N) is 1. The molecular weight excluding hydrogens is 230 g/mol. The molecule has 100 valence electrons. The Balaban J connectivity index is 2.23. The monoisotopic (exact) mass is 251 g/mol. The van der Waals surface area contributed by atoms with Crippen LogP contribution in [0.1, 0.15) is 32.8 Å². The first-order valence-electron chi connectivity index (χ1n) is 6.04. The van der Waals surface area contributed by atoms with Crippen LogP contribution < -0.4 is 11.1 Å². The molecule has 0 saturated heterocycles. The van der Waals surface area contributed by atoms with Crippen molar-refractivity contribution in [2.75, 3.05) is 12.3 Å². The van der Waals surface area contributed by atoms with Crippen LogP contribution in [0.5, 0.6) is 0 Å². The Morgan fingerprint density at radius 2 is 2.22 bits per heavy atom. The molecule has 0 saturated carbocycles. The number of anilines is 1. The zero-order valence-electron chi connectivity index (χ0n) is 11.2. The Morgan fingerprint density at radius 3 is 2.83 bits per heavy atom. The molecule has 1 heterocycles. The Labute approximate surface area is 108 Å². The van der Waals surface area contributed by atoms with Gasteiger partial charge in [-0.3, -0.25) is 4.98 Å². The number of carbonyl (C=O) groups is 1. The summed E-state index contributed by atoms with van der Waals surface area (Å²) < 4.78 is 5.13. The van der Waals surface area contributed by atoms with Crippen LogP contribution in [-0.2, 0) is 11.2 Å². The van der Waals surface area contributed by atoms with E-state index in [-0.39, 0.29) is 6.09 Å². The largest absolute Gasteiger partial charge is 0.444 e. The van der Waals surface area contributed by atoms with Crippen molar-refractivity contribution in [1.29, 1.82) is 0 Å². The third-order valence-corrected chi connectivity index (χ3v) is 2.23. The second-order valence-corrected chi connectivity index (χ2v) is 5.11. The molecule has 1 aromatic heterocycles. The maximum Gasteiger partial charge on any atom is 0.407 e. The van der Waals surface area contributed by atoms with Crippen molar-refractivity contribution in [1.82, 2.24) is 10.3 Å². The van der Waals surface area contributed by atoms with Crippen molar-refractivity contribution in [2.45, 2.75) is 39.2 Å². The highest BCUT2D eigenvalue weighted by atomic mass is 16.6. The fourth-order valence-electron chi connectivity index (χ4n) is 1.43. The molecule has 0 spiro atoms. The van der Waals surface area contributed by atoms with E-state index < -0.39 is 5.60 Å². The number of ether oxygens (including phenoxy) is 1. The summed E-state index contributed by atoms with van der Waals surface area (Å²) in [7, 11) is 0. The van der Waals surface area contributed by atoms with Gasteiger partial charge in [0.05, 0.1) is 0 Å². The van der Waals surface area contributed by atoms with Crippen molar-refractivity contribution in [3.63, 3.8) is 0 Å². The van der Waals surface area contributed by atoms with Crippen molar-refractivity contribution in [2.24, 2.45) is 0 Å². The summed E-state index contributed by atoms with van der Waals surface area (Å²) in [6.07, 6.45) is 4.62. The van der Waals surface area contributed by atoms with E-state index in [9.17, 15) is 4.79 Å². The van der Waals surface area contributed by atoms with Crippen molar-refractivity contribution in [3.8, 4) is 0 Å². The molecule has 0 unspecified atom stereocenters. The minimum Gasteiger partial charge on any atom is -0.444 e. The lowest BCUT2D eigenvalue weighted by Crippen LogP contribution is -2.33. The van der Waals surface area contributed by atoms with Gasteiger partial charge < -0.3 is 15.8 Å². The van der Waals surface area contributed by atoms with Gasteiger partial charge in [-0.1, -0.05) is 0 Å². The van der Waals surface area contributed by atoms with Gasteiger partial charge in [-0.05, 0) is 45.2 Å². The van der Waals surface area contributed by atoms with E-state index in [4.69, 9.17) is 10.5 Å². The number of rotatable bonds is 4. The van der Waals surface area contributed by atoms with Gasteiger partial charge in [0.25, 0.3) is 0 Å². The first kappa shape index (κ1) is 14.3. The van der Waals surface area contributed by atoms with Gasteiger partial charge in [0.2, 0.25) is 0 Å². The lowest BCUT2D eigenvalue weighted by Gasteiger charge is -2.19. The predicted molar refractivity (Wildman–Crippen MR) is 71.2 cm³/mol. The number of hydrogen-bond donors (Lipinski definition) is 2. The highest BCUT2D eigenvalue weighted by molar-refractivity contribution is 5.67. The molecule has 0 bridgehead atoms. The van der Waals surface area contributed by atoms with Crippen molar-refractivity contribution in [3.05, 3.63) is 24.0 Å². The van der Waals surface area contributed by atoms with Crippen LogP contribution in [0.3, 0.4) is 0 Å². The van der Waals surface area contributed by atoms with E-state index in [0.29, 0.717) is 6.54 Å². The van der Waals surface area contributed by atoms with Crippen LogP contribution in [0.4, 0.5) is 10.5 Å². The number of aromatic nitrogens is 1. The van der Waals surface area contributed by atoms with Gasteiger partial charge >= 0.3 is 6.09 Å². The number of pyridine rings is 1. The van der Waals surface area contributed by atoms with Gasteiger partial charge in [-0.25, -0.2) is 4.79 Å². The summed E-state index contributed by atoms with van der Waals surface area (Å²) in [5, 5.41) is 2.71. The van der Waals surface area contributed by atoms with Gasteiger partial charge in [0.15, 0.2) is 0 Å². The van der Waals surface area contributed by atoms with Crippen LogP contribution in [0, 0.1) is 0 Å². The highest BCUT2D eigenvalue weighted by Crippen LogP contribution is 2.10. The van der Waals surface area contributed by atoms with Crippen molar-refractivity contribution < 1.29 is 9.53 Å². The normalized spacial score (nSPS) is 11.1. The molecule has 3 N–H and O–H groups in total. The number of nitrogen functional groups attached to an aromatic ring is 1. The summed E-state index contributed by atoms with van der Waals surface area (Å²) in [4.78, 5) is 15.4. The molecule has 0 aliphatic heterocycles. The quantitative estimate of drug-likeness (QED) is 0.803. The highest BCUT2D eigenvalue weighted by Gasteiger charge is 2.15. The number of amides is 1. The first-order chi connectivity index (χ1) is 8.38. The van der Waals surface area contributed by atoms with Crippen LogP contribution in [-0.4, -0.2) is 23.2 Å². The minimum absolute atomic E-state index is 0.387. The van der Waals surface area contributed by atoms with Crippen LogP contribution in [0.15, 0.2) is 18.5 Å². The first-order valence-corrected chi connectivity index (χ1v) is 6.04. The molecule has 0 radical (unpaired) electrons. The average molecular weight is 251 g/mol. The Hall–Kier alpha value is -1.78. The molecule has 0 aromatic carbocycles.